The van der Waals surface area contributed by atoms with E-state index in [4.69, 9.17) is 0 Å². The topological polar surface area (TPSA) is 190 Å². The molecule has 0 aliphatic carbocycles. The molecule has 5 amide bonds. The number of benzene rings is 1. The number of carboxylic acid groups (broad SMARTS) is 1. The van der Waals surface area contributed by atoms with Crippen LogP contribution in [0.1, 0.15) is 58.9 Å². The van der Waals surface area contributed by atoms with E-state index < -0.39 is 72.1 Å². The van der Waals surface area contributed by atoms with E-state index >= 15 is 0 Å². The smallest absolute Gasteiger partial charge is 0.305 e. The summed E-state index contributed by atoms with van der Waals surface area (Å²) in [7, 11) is 0. The number of nitrogens with zero attached hydrogens (tertiary/aromatic N) is 1. The lowest BCUT2D eigenvalue weighted by Crippen LogP contribution is -2.59. The Labute approximate surface area is 255 Å². The normalized spacial score (nSPS) is 25.6. The highest BCUT2D eigenvalue weighted by Gasteiger charge is 2.41. The van der Waals surface area contributed by atoms with Crippen molar-refractivity contribution in [3.8, 4) is 0 Å². The van der Waals surface area contributed by atoms with Crippen molar-refractivity contribution in [3.63, 3.8) is 0 Å². The fraction of sp³-hybridized carbons (Fsp3) is 0.548. The predicted octanol–water partition coefficient (Wildman–Crippen LogP) is 0.831. The van der Waals surface area contributed by atoms with E-state index in [-0.39, 0.29) is 31.2 Å². The number of nitrogens with one attached hydrogen (secondary N) is 5. The van der Waals surface area contributed by atoms with Crippen LogP contribution in [-0.2, 0) is 35.2 Å². The zero-order valence-corrected chi connectivity index (χ0v) is 25.5. The molecule has 6 N–H and O–H groups in total. The van der Waals surface area contributed by atoms with Crippen LogP contribution >= 0.6 is 0 Å². The molecule has 2 saturated heterocycles. The first kappa shape index (κ1) is 32.5. The van der Waals surface area contributed by atoms with Crippen LogP contribution in [0.4, 0.5) is 0 Å². The van der Waals surface area contributed by atoms with Crippen LogP contribution in [0.25, 0.3) is 10.9 Å². The van der Waals surface area contributed by atoms with Crippen LogP contribution < -0.4 is 21.3 Å². The lowest BCUT2D eigenvalue weighted by atomic mass is 9.98. The molecule has 1 aromatic heterocycles. The molecule has 5 atom stereocenters. The number of fused-ring (bicyclic) bond motifs is 2. The Kier molecular flexibility index (Phi) is 10.3. The Hall–Kier alpha value is -4.42. The molecule has 0 bridgehead atoms. The second-order valence-electron chi connectivity index (χ2n) is 12.4. The highest BCUT2D eigenvalue weighted by molar-refractivity contribution is 5.99. The molecule has 0 saturated carbocycles. The summed E-state index contributed by atoms with van der Waals surface area (Å²) in [5, 5.41) is 21.3. The summed E-state index contributed by atoms with van der Waals surface area (Å²) in [6.07, 6.45) is 2.11. The van der Waals surface area contributed by atoms with Gasteiger partial charge in [-0.3, -0.25) is 28.8 Å². The Morgan fingerprint density at radius 1 is 0.886 bits per heavy atom. The zero-order chi connectivity index (χ0) is 32.1. The maximum absolute atomic E-state index is 13.8. The van der Waals surface area contributed by atoms with Crippen LogP contribution in [0.15, 0.2) is 30.5 Å². The molecule has 2 aliphatic rings. The first-order valence-electron chi connectivity index (χ1n) is 15.1. The third-order valence-corrected chi connectivity index (χ3v) is 8.15. The number of amides is 5. The van der Waals surface area contributed by atoms with Gasteiger partial charge >= 0.3 is 5.97 Å². The van der Waals surface area contributed by atoms with Gasteiger partial charge in [0.05, 0.1) is 6.42 Å². The molecule has 0 spiro atoms. The first-order valence-corrected chi connectivity index (χ1v) is 15.1. The molecule has 2 aliphatic heterocycles. The molecule has 2 fully saturated rings. The Balaban J connectivity index is 1.76. The van der Waals surface area contributed by atoms with Crippen LogP contribution in [-0.4, -0.2) is 87.2 Å². The highest BCUT2D eigenvalue weighted by atomic mass is 16.4. The Morgan fingerprint density at radius 2 is 1.55 bits per heavy atom. The van der Waals surface area contributed by atoms with E-state index in [1.54, 1.807) is 20.0 Å². The summed E-state index contributed by atoms with van der Waals surface area (Å²) in [6.45, 7) is 7.49. The van der Waals surface area contributed by atoms with Crippen molar-refractivity contribution in [2.75, 3.05) is 6.54 Å². The minimum Gasteiger partial charge on any atom is -0.481 e. The number of H-pyrrole nitrogens is 1. The fourth-order valence-electron chi connectivity index (χ4n) is 5.90. The van der Waals surface area contributed by atoms with Gasteiger partial charge in [-0.1, -0.05) is 45.9 Å². The molecule has 4 rings (SSSR count). The second-order valence-corrected chi connectivity index (χ2v) is 12.4. The number of carbonyl (C=O) groups excluding carboxylic acids is 5. The minimum absolute atomic E-state index is 0.00858. The Bertz CT molecular complexity index is 1420. The van der Waals surface area contributed by atoms with Crippen molar-refractivity contribution in [1.29, 1.82) is 0 Å². The maximum atomic E-state index is 13.8. The average molecular weight is 611 g/mol. The predicted molar refractivity (Wildman–Crippen MR) is 161 cm³/mol. The van der Waals surface area contributed by atoms with Gasteiger partial charge in [-0.25, -0.2) is 0 Å². The maximum Gasteiger partial charge on any atom is 0.305 e. The molecule has 2 aromatic rings. The number of aromatic amines is 1. The van der Waals surface area contributed by atoms with Gasteiger partial charge in [0.2, 0.25) is 29.5 Å². The Morgan fingerprint density at radius 3 is 2.23 bits per heavy atom. The van der Waals surface area contributed by atoms with Crippen molar-refractivity contribution in [3.05, 3.63) is 36.0 Å². The van der Waals surface area contributed by atoms with E-state index in [1.165, 1.54) is 4.90 Å². The van der Waals surface area contributed by atoms with Gasteiger partial charge in [0.25, 0.3) is 0 Å². The monoisotopic (exact) mass is 610 g/mol. The first-order chi connectivity index (χ1) is 20.8. The summed E-state index contributed by atoms with van der Waals surface area (Å²) in [5.74, 6) is -4.86. The van der Waals surface area contributed by atoms with E-state index in [9.17, 15) is 33.9 Å². The third kappa shape index (κ3) is 7.56. The molecule has 3 heterocycles. The number of aliphatic carboxylic acids is 1. The van der Waals surface area contributed by atoms with E-state index in [1.807, 2.05) is 38.1 Å². The molecule has 13 heteroatoms. The SMILES string of the molecule is CC(C)C[C@@H]1NC(=O)[C@@H](C(C)C)NC(=O)C2CCCN2C(=O)C(CC(=O)O)NC(=O)[C@@H](Cc2c[nH]c3ccccc23)NC1=O. The van der Waals surface area contributed by atoms with Crippen molar-refractivity contribution in [2.24, 2.45) is 11.8 Å². The van der Waals surface area contributed by atoms with Crippen molar-refractivity contribution in [2.45, 2.75) is 90.0 Å². The van der Waals surface area contributed by atoms with Crippen LogP contribution in [0.2, 0.25) is 0 Å². The quantitative estimate of drug-likeness (QED) is 0.268. The fourth-order valence-corrected chi connectivity index (χ4v) is 5.90. The third-order valence-electron chi connectivity index (χ3n) is 8.15. The number of para-hydroxylation sites is 1. The average Bonchev–Trinajstić information content (AvgIpc) is 3.61. The number of aromatic nitrogens is 1. The summed E-state index contributed by atoms with van der Waals surface area (Å²) in [6, 6.07) is 1.79. The van der Waals surface area contributed by atoms with Gasteiger partial charge in [0.1, 0.15) is 30.2 Å². The highest BCUT2D eigenvalue weighted by Crippen LogP contribution is 2.22. The van der Waals surface area contributed by atoms with Crippen molar-refractivity contribution < 1.29 is 33.9 Å². The minimum atomic E-state index is -1.48. The summed E-state index contributed by atoms with van der Waals surface area (Å²) in [4.78, 5) is 84.4. The van der Waals surface area contributed by atoms with E-state index in [0.29, 0.717) is 12.8 Å². The number of hydrogen-bond donors (Lipinski definition) is 6. The number of carbonyl (C=O) groups is 6. The largest absolute Gasteiger partial charge is 0.481 e. The molecule has 2 unspecified atom stereocenters. The van der Waals surface area contributed by atoms with Crippen molar-refractivity contribution >= 4 is 46.4 Å². The molecule has 1 aromatic carbocycles. The van der Waals surface area contributed by atoms with Gasteiger partial charge in [0.15, 0.2) is 0 Å². The summed E-state index contributed by atoms with van der Waals surface area (Å²) < 4.78 is 0. The molecular formula is C31H42N6O7. The summed E-state index contributed by atoms with van der Waals surface area (Å²) in [5.41, 5.74) is 1.55. The lowest BCUT2D eigenvalue weighted by Gasteiger charge is -2.30. The van der Waals surface area contributed by atoms with E-state index in [2.05, 4.69) is 26.3 Å². The molecule has 238 valence electrons. The van der Waals surface area contributed by atoms with Gasteiger partial charge in [-0.15, -0.1) is 0 Å². The lowest BCUT2D eigenvalue weighted by molar-refractivity contribution is -0.146. The van der Waals surface area contributed by atoms with Gasteiger partial charge in [0, 0.05) is 30.1 Å². The van der Waals surface area contributed by atoms with Gasteiger partial charge in [-0.2, -0.15) is 0 Å². The number of carboxylic acids is 1. The van der Waals surface area contributed by atoms with E-state index in [0.717, 1.165) is 16.5 Å². The second kappa shape index (κ2) is 13.9. The number of hydrogen-bond acceptors (Lipinski definition) is 6. The van der Waals surface area contributed by atoms with Crippen molar-refractivity contribution in [1.82, 2.24) is 31.2 Å². The molecule has 0 radical (unpaired) electrons. The van der Waals surface area contributed by atoms with Gasteiger partial charge in [-0.05, 0) is 42.7 Å². The number of rotatable bonds is 7. The van der Waals surface area contributed by atoms with Crippen LogP contribution in [0.5, 0.6) is 0 Å². The summed E-state index contributed by atoms with van der Waals surface area (Å²) >= 11 is 0. The molecule has 13 nitrogen and oxygen atoms in total. The molecule has 44 heavy (non-hydrogen) atoms. The standard InChI is InChI=1S/C31H42N6O7/c1-16(2)12-21-27(40)33-22(13-18-15-32-20-9-6-5-8-19(18)20)28(41)35-23(14-25(38)39)31(44)37-11-7-10-24(37)29(42)36-26(17(3)4)30(43)34-21/h5-6,8-9,15-17,21-24,26,32H,7,10-14H2,1-4H3,(H,33,40)(H,34,43)(H,35,41)(H,36,42)(H,38,39)/t21-,22+,23?,24?,26+/m0/s1. The molecular weight excluding hydrogens is 568 g/mol. The van der Waals surface area contributed by atoms with Gasteiger partial charge < -0.3 is 36.3 Å². The van der Waals surface area contributed by atoms with Crippen LogP contribution in [0, 0.1) is 11.8 Å². The van der Waals surface area contributed by atoms with Crippen LogP contribution in [0.3, 0.4) is 0 Å². The zero-order valence-electron chi connectivity index (χ0n) is 25.5.